The minimum Gasteiger partial charge on any atom is -0.497 e. The van der Waals surface area contributed by atoms with Crippen LogP contribution in [0.25, 0.3) is 0 Å². The Balaban J connectivity index is 1.87. The fraction of sp³-hybridized carbons (Fsp3) is 0.286. The zero-order valence-electron chi connectivity index (χ0n) is 10.2. The van der Waals surface area contributed by atoms with Gasteiger partial charge in [-0.2, -0.15) is 11.3 Å². The summed E-state index contributed by atoms with van der Waals surface area (Å²) in [4.78, 5) is 0. The van der Waals surface area contributed by atoms with Crippen LogP contribution in [0.4, 0.5) is 0 Å². The Kier molecular flexibility index (Phi) is 4.18. The molecule has 1 heterocycles. The minimum atomic E-state index is 0.868. The lowest BCUT2D eigenvalue weighted by Gasteiger charge is -2.06. The number of thiophene rings is 1. The fourth-order valence-electron chi connectivity index (χ4n) is 1.69. The molecule has 0 aliphatic carbocycles. The minimum absolute atomic E-state index is 0.868. The molecule has 0 saturated heterocycles. The summed E-state index contributed by atoms with van der Waals surface area (Å²) in [6.07, 6.45) is 0. The highest BCUT2D eigenvalue weighted by Crippen LogP contribution is 2.14. The van der Waals surface area contributed by atoms with Crippen LogP contribution in [0.1, 0.15) is 16.7 Å². The highest BCUT2D eigenvalue weighted by molar-refractivity contribution is 7.08. The van der Waals surface area contributed by atoms with E-state index in [0.717, 1.165) is 18.8 Å². The number of hydrogen-bond acceptors (Lipinski definition) is 3. The van der Waals surface area contributed by atoms with E-state index in [9.17, 15) is 0 Å². The maximum absolute atomic E-state index is 5.20. The third-order valence-corrected chi connectivity index (χ3v) is 3.65. The first kappa shape index (κ1) is 12.1. The number of methoxy groups -OCH3 is 1. The Morgan fingerprint density at radius 1 is 1.24 bits per heavy atom. The van der Waals surface area contributed by atoms with Gasteiger partial charge in [-0.25, -0.2) is 0 Å². The number of rotatable bonds is 5. The van der Waals surface area contributed by atoms with Gasteiger partial charge in [-0.1, -0.05) is 12.1 Å². The summed E-state index contributed by atoms with van der Waals surface area (Å²) in [6, 6.07) is 8.15. The predicted molar refractivity (Wildman–Crippen MR) is 72.6 cm³/mol. The average molecular weight is 247 g/mol. The van der Waals surface area contributed by atoms with Crippen molar-refractivity contribution in [1.82, 2.24) is 5.32 Å². The molecular formula is C14H17NOS. The summed E-state index contributed by atoms with van der Waals surface area (Å²) in [7, 11) is 1.70. The van der Waals surface area contributed by atoms with Crippen molar-refractivity contribution in [2.45, 2.75) is 20.0 Å². The molecule has 90 valence electrons. The maximum Gasteiger partial charge on any atom is 0.119 e. The third-order valence-electron chi connectivity index (χ3n) is 2.74. The normalized spacial score (nSPS) is 10.5. The van der Waals surface area contributed by atoms with Crippen LogP contribution >= 0.6 is 11.3 Å². The molecule has 0 amide bonds. The quantitative estimate of drug-likeness (QED) is 0.875. The topological polar surface area (TPSA) is 21.3 Å². The Labute approximate surface area is 106 Å². The Morgan fingerprint density at radius 3 is 2.82 bits per heavy atom. The van der Waals surface area contributed by atoms with Crippen LogP contribution in [0, 0.1) is 6.92 Å². The van der Waals surface area contributed by atoms with Crippen molar-refractivity contribution in [2.24, 2.45) is 0 Å². The van der Waals surface area contributed by atoms with Crippen LogP contribution in [0.5, 0.6) is 5.75 Å². The summed E-state index contributed by atoms with van der Waals surface area (Å²) in [5.74, 6) is 0.913. The van der Waals surface area contributed by atoms with Gasteiger partial charge >= 0.3 is 0 Å². The summed E-state index contributed by atoms with van der Waals surface area (Å²) >= 11 is 1.76. The van der Waals surface area contributed by atoms with E-state index in [4.69, 9.17) is 4.74 Å². The van der Waals surface area contributed by atoms with Gasteiger partial charge in [0.1, 0.15) is 5.75 Å². The summed E-state index contributed by atoms with van der Waals surface area (Å²) < 4.78 is 5.20. The molecule has 0 bridgehead atoms. The number of hydrogen-bond donors (Lipinski definition) is 1. The molecule has 1 aromatic carbocycles. The highest BCUT2D eigenvalue weighted by Gasteiger charge is 1.99. The number of benzene rings is 1. The second-order valence-electron chi connectivity index (χ2n) is 4.04. The van der Waals surface area contributed by atoms with Gasteiger partial charge in [0.25, 0.3) is 0 Å². The zero-order chi connectivity index (χ0) is 12.1. The van der Waals surface area contributed by atoms with Crippen molar-refractivity contribution in [3.8, 4) is 5.75 Å². The molecule has 2 aromatic rings. The van der Waals surface area contributed by atoms with E-state index in [1.165, 1.54) is 16.7 Å². The van der Waals surface area contributed by atoms with Crippen LogP contribution in [0.3, 0.4) is 0 Å². The molecule has 2 nitrogen and oxygen atoms in total. The van der Waals surface area contributed by atoms with E-state index in [1.807, 2.05) is 12.1 Å². The lowest BCUT2D eigenvalue weighted by atomic mass is 10.2. The first-order valence-electron chi connectivity index (χ1n) is 5.65. The molecule has 0 aliphatic heterocycles. The average Bonchev–Trinajstić information content (AvgIpc) is 2.76. The van der Waals surface area contributed by atoms with Crippen LogP contribution in [-0.2, 0) is 13.1 Å². The summed E-state index contributed by atoms with van der Waals surface area (Å²) in [5, 5.41) is 7.83. The molecule has 1 aromatic heterocycles. The van der Waals surface area contributed by atoms with Gasteiger partial charge in [-0.15, -0.1) is 0 Å². The van der Waals surface area contributed by atoms with Crippen LogP contribution < -0.4 is 10.1 Å². The van der Waals surface area contributed by atoms with Crippen LogP contribution in [0.2, 0.25) is 0 Å². The highest BCUT2D eigenvalue weighted by atomic mass is 32.1. The Hall–Kier alpha value is -1.32. The zero-order valence-corrected chi connectivity index (χ0v) is 11.0. The van der Waals surface area contributed by atoms with Gasteiger partial charge < -0.3 is 10.1 Å². The number of aryl methyl sites for hydroxylation is 1. The van der Waals surface area contributed by atoms with Crippen molar-refractivity contribution in [1.29, 1.82) is 0 Å². The molecule has 0 radical (unpaired) electrons. The number of nitrogens with one attached hydrogen (secondary N) is 1. The van der Waals surface area contributed by atoms with Gasteiger partial charge in [-0.05, 0) is 46.5 Å². The van der Waals surface area contributed by atoms with Crippen molar-refractivity contribution < 1.29 is 4.74 Å². The largest absolute Gasteiger partial charge is 0.497 e. The van der Waals surface area contributed by atoms with E-state index in [1.54, 1.807) is 18.4 Å². The molecule has 0 atom stereocenters. The molecule has 0 spiro atoms. The van der Waals surface area contributed by atoms with Crippen LogP contribution in [-0.4, -0.2) is 7.11 Å². The summed E-state index contributed by atoms with van der Waals surface area (Å²) in [5.41, 5.74) is 4.00. The van der Waals surface area contributed by atoms with Gasteiger partial charge in [0.15, 0.2) is 0 Å². The number of ether oxygens (including phenoxy) is 1. The molecule has 0 aliphatic rings. The smallest absolute Gasteiger partial charge is 0.119 e. The molecule has 0 saturated carbocycles. The SMILES string of the molecule is COc1cccc(CNCc2cscc2C)c1. The van der Waals surface area contributed by atoms with E-state index >= 15 is 0 Å². The maximum atomic E-state index is 5.20. The monoisotopic (exact) mass is 247 g/mol. The fourth-order valence-corrected chi connectivity index (χ4v) is 2.55. The van der Waals surface area contributed by atoms with E-state index in [2.05, 4.69) is 35.1 Å². The predicted octanol–water partition coefficient (Wildman–Crippen LogP) is 3.35. The molecule has 0 fully saturated rings. The van der Waals surface area contributed by atoms with Gasteiger partial charge in [0.2, 0.25) is 0 Å². The first-order valence-corrected chi connectivity index (χ1v) is 6.59. The molecule has 2 rings (SSSR count). The van der Waals surface area contributed by atoms with Crippen molar-refractivity contribution >= 4 is 11.3 Å². The molecule has 3 heteroatoms. The van der Waals surface area contributed by atoms with E-state index in [-0.39, 0.29) is 0 Å². The lowest BCUT2D eigenvalue weighted by molar-refractivity contribution is 0.414. The Morgan fingerprint density at radius 2 is 2.12 bits per heavy atom. The van der Waals surface area contributed by atoms with E-state index in [0.29, 0.717) is 0 Å². The third kappa shape index (κ3) is 3.32. The first-order chi connectivity index (χ1) is 8.29. The molecular weight excluding hydrogens is 230 g/mol. The van der Waals surface area contributed by atoms with Gasteiger partial charge in [0, 0.05) is 13.1 Å². The summed E-state index contributed by atoms with van der Waals surface area (Å²) in [6.45, 7) is 3.94. The van der Waals surface area contributed by atoms with Crippen LogP contribution in [0.15, 0.2) is 35.0 Å². The van der Waals surface area contributed by atoms with Crippen molar-refractivity contribution in [3.63, 3.8) is 0 Å². The standard InChI is InChI=1S/C14H17NOS/c1-11-9-17-10-13(11)8-15-7-12-4-3-5-14(6-12)16-2/h3-6,9-10,15H,7-8H2,1-2H3. The molecule has 17 heavy (non-hydrogen) atoms. The second kappa shape index (κ2) is 5.84. The van der Waals surface area contributed by atoms with Gasteiger partial charge in [-0.3, -0.25) is 0 Å². The van der Waals surface area contributed by atoms with Crippen molar-refractivity contribution in [2.75, 3.05) is 7.11 Å². The Bertz CT molecular complexity index is 479. The van der Waals surface area contributed by atoms with E-state index < -0.39 is 0 Å². The van der Waals surface area contributed by atoms with Crippen molar-refractivity contribution in [3.05, 3.63) is 51.7 Å². The molecule has 1 N–H and O–H groups in total. The van der Waals surface area contributed by atoms with Gasteiger partial charge in [0.05, 0.1) is 7.11 Å². The lowest BCUT2D eigenvalue weighted by Crippen LogP contribution is -2.12. The molecule has 0 unspecified atom stereocenters. The second-order valence-corrected chi connectivity index (χ2v) is 4.78.